The van der Waals surface area contributed by atoms with Gasteiger partial charge in [-0.25, -0.2) is 4.98 Å². The van der Waals surface area contributed by atoms with Crippen molar-refractivity contribution >= 4 is 11.8 Å². The molecule has 2 N–H and O–H groups in total. The summed E-state index contributed by atoms with van der Waals surface area (Å²) >= 11 is 0. The number of hydrogen-bond donors (Lipinski definition) is 2. The van der Waals surface area contributed by atoms with Gasteiger partial charge in [0.05, 0.1) is 32.5 Å². The van der Waals surface area contributed by atoms with Crippen LogP contribution >= 0.6 is 0 Å². The van der Waals surface area contributed by atoms with E-state index in [0.717, 1.165) is 22.4 Å². The molecule has 10 nitrogen and oxygen atoms in total. The van der Waals surface area contributed by atoms with Crippen LogP contribution in [-0.2, 0) is 29.1 Å². The predicted molar refractivity (Wildman–Crippen MR) is 162 cm³/mol. The van der Waals surface area contributed by atoms with Crippen molar-refractivity contribution in [2.45, 2.75) is 45.8 Å². The molecular formula is C33H37N5O5. The van der Waals surface area contributed by atoms with E-state index < -0.39 is 6.04 Å². The Bertz CT molecular complexity index is 1540. The van der Waals surface area contributed by atoms with E-state index in [0.29, 0.717) is 61.4 Å². The Morgan fingerprint density at radius 3 is 2.67 bits per heavy atom. The summed E-state index contributed by atoms with van der Waals surface area (Å²) < 4.78 is 17.6. The number of methoxy groups -OCH3 is 1. The average Bonchev–Trinajstić information content (AvgIpc) is 3.38. The number of nitrogens with one attached hydrogen (secondary N) is 2. The molecule has 4 bridgehead atoms. The summed E-state index contributed by atoms with van der Waals surface area (Å²) in [5.41, 5.74) is 4.20. The van der Waals surface area contributed by atoms with Gasteiger partial charge in [-0.3, -0.25) is 19.5 Å². The van der Waals surface area contributed by atoms with Crippen LogP contribution in [0.3, 0.4) is 0 Å². The molecule has 0 fully saturated rings. The number of hydrogen-bond acceptors (Lipinski definition) is 8. The highest BCUT2D eigenvalue weighted by Gasteiger charge is 2.24. The molecule has 2 amide bonds. The van der Waals surface area contributed by atoms with Crippen LogP contribution in [0, 0.1) is 13.8 Å². The van der Waals surface area contributed by atoms with Gasteiger partial charge in [-0.2, -0.15) is 0 Å². The van der Waals surface area contributed by atoms with Gasteiger partial charge < -0.3 is 24.5 Å². The maximum Gasteiger partial charge on any atom is 0.243 e. The van der Waals surface area contributed by atoms with Gasteiger partial charge in [0.15, 0.2) is 11.5 Å². The first-order valence-corrected chi connectivity index (χ1v) is 14.4. The zero-order valence-corrected chi connectivity index (χ0v) is 24.8. The van der Waals surface area contributed by atoms with Crippen molar-refractivity contribution in [2.75, 3.05) is 26.8 Å². The van der Waals surface area contributed by atoms with Crippen molar-refractivity contribution in [3.8, 4) is 23.0 Å². The van der Waals surface area contributed by atoms with Gasteiger partial charge in [0, 0.05) is 31.3 Å². The molecule has 0 saturated carbocycles. The van der Waals surface area contributed by atoms with Gasteiger partial charge >= 0.3 is 0 Å². The summed E-state index contributed by atoms with van der Waals surface area (Å²) in [5, 5.41) is 5.93. The van der Waals surface area contributed by atoms with Crippen LogP contribution in [0.1, 0.15) is 34.7 Å². The summed E-state index contributed by atoms with van der Waals surface area (Å²) in [6, 6.07) is 18.4. The normalized spacial score (nSPS) is 16.8. The Labute approximate surface area is 251 Å². The minimum Gasteiger partial charge on any atom is -0.493 e. The van der Waals surface area contributed by atoms with E-state index in [1.807, 2.05) is 85.6 Å². The summed E-state index contributed by atoms with van der Waals surface area (Å²) in [6.45, 7) is 5.49. The minimum absolute atomic E-state index is 0.0959. The van der Waals surface area contributed by atoms with E-state index in [2.05, 4.69) is 20.6 Å². The van der Waals surface area contributed by atoms with E-state index in [1.54, 1.807) is 7.11 Å². The van der Waals surface area contributed by atoms with Gasteiger partial charge in [-0.1, -0.05) is 36.4 Å². The van der Waals surface area contributed by atoms with Crippen molar-refractivity contribution in [1.29, 1.82) is 0 Å². The summed E-state index contributed by atoms with van der Waals surface area (Å²) in [7, 11) is 1.59. The van der Waals surface area contributed by atoms with Crippen molar-refractivity contribution < 1.29 is 23.5 Å². The van der Waals surface area contributed by atoms with Gasteiger partial charge in [-0.15, -0.1) is 0 Å². The molecule has 0 unspecified atom stereocenters. The van der Waals surface area contributed by atoms with Crippen molar-refractivity contribution in [1.82, 2.24) is 25.5 Å². The van der Waals surface area contributed by atoms with E-state index in [-0.39, 0.29) is 24.9 Å². The molecule has 0 spiro atoms. The molecule has 3 heterocycles. The summed E-state index contributed by atoms with van der Waals surface area (Å²) in [4.78, 5) is 38.1. The SMILES string of the molecule is COc1ccc2cc1OCCCN(Cc1ccc(C)cn1)CC(=O)N[C@H](Cc1ccccc1)C(=O)NCc1nc-2oc1C. The highest BCUT2D eigenvalue weighted by atomic mass is 16.5. The third-order valence-corrected chi connectivity index (χ3v) is 7.27. The van der Waals surface area contributed by atoms with Gasteiger partial charge in [-0.05, 0) is 55.7 Å². The van der Waals surface area contributed by atoms with Gasteiger partial charge in [0.1, 0.15) is 17.5 Å². The van der Waals surface area contributed by atoms with Crippen LogP contribution < -0.4 is 20.1 Å². The monoisotopic (exact) mass is 583 g/mol. The molecule has 0 saturated heterocycles. The maximum absolute atomic E-state index is 13.5. The quantitative estimate of drug-likeness (QED) is 0.362. The first-order chi connectivity index (χ1) is 20.9. The predicted octanol–water partition coefficient (Wildman–Crippen LogP) is 3.99. The van der Waals surface area contributed by atoms with Crippen LogP contribution in [0.2, 0.25) is 0 Å². The van der Waals surface area contributed by atoms with Crippen LogP contribution in [0.25, 0.3) is 11.5 Å². The van der Waals surface area contributed by atoms with Crippen LogP contribution in [0.15, 0.2) is 71.3 Å². The number of pyridine rings is 1. The number of aryl methyl sites for hydroxylation is 2. The number of carbonyl (C=O) groups excluding carboxylic acids is 2. The molecule has 224 valence electrons. The van der Waals surface area contributed by atoms with Crippen molar-refractivity contribution in [3.63, 3.8) is 0 Å². The Kier molecular flexibility index (Phi) is 9.68. The number of fused-ring (bicyclic) bond motifs is 5. The summed E-state index contributed by atoms with van der Waals surface area (Å²) in [5.74, 6) is 1.63. The highest BCUT2D eigenvalue weighted by molar-refractivity contribution is 5.88. The fourth-order valence-electron chi connectivity index (χ4n) is 4.94. The Hall–Kier alpha value is -4.70. The smallest absolute Gasteiger partial charge is 0.243 e. The molecule has 10 heteroatoms. The first kappa shape index (κ1) is 29.8. The lowest BCUT2D eigenvalue weighted by molar-refractivity contribution is -0.129. The van der Waals surface area contributed by atoms with Crippen molar-refractivity contribution in [2.24, 2.45) is 0 Å². The second-order valence-electron chi connectivity index (χ2n) is 10.7. The Morgan fingerprint density at radius 2 is 1.91 bits per heavy atom. The summed E-state index contributed by atoms with van der Waals surface area (Å²) in [6.07, 6.45) is 2.81. The fourth-order valence-corrected chi connectivity index (χ4v) is 4.94. The Balaban J connectivity index is 1.43. The van der Waals surface area contributed by atoms with Crippen molar-refractivity contribution in [3.05, 3.63) is 95.1 Å². The topological polar surface area (TPSA) is 119 Å². The molecule has 2 aromatic heterocycles. The van der Waals surface area contributed by atoms with Crippen LogP contribution in [-0.4, -0.2) is 59.5 Å². The molecule has 43 heavy (non-hydrogen) atoms. The minimum atomic E-state index is -0.771. The third kappa shape index (κ3) is 7.98. The lowest BCUT2D eigenvalue weighted by atomic mass is 10.1. The zero-order valence-electron chi connectivity index (χ0n) is 24.8. The number of benzene rings is 2. The largest absolute Gasteiger partial charge is 0.493 e. The molecule has 1 atom stereocenters. The number of carbonyl (C=O) groups is 2. The number of amides is 2. The lowest BCUT2D eigenvalue weighted by Gasteiger charge is -2.24. The lowest BCUT2D eigenvalue weighted by Crippen LogP contribution is -2.50. The maximum atomic E-state index is 13.5. The van der Waals surface area contributed by atoms with Gasteiger partial charge in [0.25, 0.3) is 0 Å². The fraction of sp³-hybridized carbons (Fsp3) is 0.333. The highest BCUT2D eigenvalue weighted by Crippen LogP contribution is 2.33. The first-order valence-electron chi connectivity index (χ1n) is 14.4. The molecular weight excluding hydrogens is 546 g/mol. The van der Waals surface area contributed by atoms with E-state index in [1.165, 1.54) is 0 Å². The zero-order chi connectivity index (χ0) is 30.2. The third-order valence-electron chi connectivity index (χ3n) is 7.27. The van der Waals surface area contributed by atoms with Gasteiger partial charge in [0.2, 0.25) is 17.7 Å². The molecule has 0 aliphatic carbocycles. The molecule has 4 aromatic rings. The second kappa shape index (κ2) is 14.0. The number of oxazole rings is 1. The van der Waals surface area contributed by atoms with Crippen LogP contribution in [0.5, 0.6) is 11.5 Å². The molecule has 2 aromatic carbocycles. The molecule has 5 rings (SSSR count). The molecule has 0 radical (unpaired) electrons. The standard InChI is InChI=1S/C33H37N5O5/c1-22-10-12-26(34-18-22)20-38-14-7-15-42-30-17-25(11-13-29(30)41-3)33-37-28(23(2)43-33)19-35-32(40)27(36-31(39)21-38)16-24-8-5-4-6-9-24/h4-6,8-13,17-18,27H,7,14-16,19-21H2,1-3H3,(H,35,40)(H,36,39)/t27-/m1/s1. The van der Waals surface area contributed by atoms with E-state index in [9.17, 15) is 9.59 Å². The van der Waals surface area contributed by atoms with E-state index in [4.69, 9.17) is 13.9 Å². The van der Waals surface area contributed by atoms with E-state index >= 15 is 0 Å². The molecule has 1 aliphatic rings. The number of aromatic nitrogens is 2. The molecule has 1 aliphatic heterocycles. The number of nitrogens with zero attached hydrogens (tertiary/aromatic N) is 3. The second-order valence-corrected chi connectivity index (χ2v) is 10.7. The number of ether oxygens (including phenoxy) is 2. The number of rotatable bonds is 5. The average molecular weight is 584 g/mol. The van der Waals surface area contributed by atoms with Crippen LogP contribution in [0.4, 0.5) is 0 Å². The Morgan fingerprint density at radius 1 is 1.07 bits per heavy atom.